The van der Waals surface area contributed by atoms with Crippen LogP contribution in [0.3, 0.4) is 0 Å². The highest BCUT2D eigenvalue weighted by molar-refractivity contribution is 5.94. The van der Waals surface area contributed by atoms with E-state index in [0.29, 0.717) is 5.69 Å². The molecule has 6 nitrogen and oxygen atoms in total. The first-order valence-corrected chi connectivity index (χ1v) is 4.59. The fraction of sp³-hybridized carbons (Fsp3) is 0.200. The second-order valence-corrected chi connectivity index (χ2v) is 3.31. The highest BCUT2D eigenvalue weighted by Crippen LogP contribution is 2.32. The number of anilines is 1. The van der Waals surface area contributed by atoms with Crippen LogP contribution in [0.4, 0.5) is 5.69 Å². The number of fused-ring (bicyclic) bond motifs is 1. The number of aliphatic carboxylic acids is 1. The molecule has 84 valence electrons. The second-order valence-electron chi connectivity index (χ2n) is 3.31. The third-order valence-corrected chi connectivity index (χ3v) is 2.26. The maximum Gasteiger partial charge on any atom is 0.346 e. The molecule has 3 N–H and O–H groups in total. The van der Waals surface area contributed by atoms with Gasteiger partial charge in [0.25, 0.3) is 0 Å². The average molecular weight is 223 g/mol. The van der Waals surface area contributed by atoms with Crippen LogP contribution in [0.25, 0.3) is 0 Å². The summed E-state index contributed by atoms with van der Waals surface area (Å²) in [5, 5.41) is 20.5. The number of nitrogens with one attached hydrogen (secondary N) is 1. The summed E-state index contributed by atoms with van der Waals surface area (Å²) < 4.78 is 5.14. The molecular weight excluding hydrogens is 214 g/mol. The van der Waals surface area contributed by atoms with Crippen LogP contribution in [0.2, 0.25) is 0 Å². The van der Waals surface area contributed by atoms with Crippen LogP contribution >= 0.6 is 0 Å². The van der Waals surface area contributed by atoms with Crippen molar-refractivity contribution in [3.05, 3.63) is 23.8 Å². The molecule has 0 spiro atoms. The van der Waals surface area contributed by atoms with Gasteiger partial charge in [-0.05, 0) is 12.1 Å². The normalized spacial score (nSPS) is 17.9. The Morgan fingerprint density at radius 3 is 2.75 bits per heavy atom. The Balaban J connectivity index is 2.41. The van der Waals surface area contributed by atoms with Gasteiger partial charge in [-0.1, -0.05) is 6.07 Å². The van der Waals surface area contributed by atoms with Crippen LogP contribution in [0, 0.1) is 0 Å². The van der Waals surface area contributed by atoms with Gasteiger partial charge in [0.1, 0.15) is 5.56 Å². The van der Waals surface area contributed by atoms with Gasteiger partial charge in [0, 0.05) is 0 Å². The third-order valence-electron chi connectivity index (χ3n) is 2.26. The largest absolute Gasteiger partial charge is 0.478 e. The minimum atomic E-state index is -1.15. The van der Waals surface area contributed by atoms with Gasteiger partial charge in [0.15, 0.2) is 5.75 Å². The zero-order valence-electron chi connectivity index (χ0n) is 8.14. The zero-order chi connectivity index (χ0) is 11.7. The van der Waals surface area contributed by atoms with Crippen LogP contribution in [0.5, 0.6) is 5.75 Å². The van der Waals surface area contributed by atoms with Gasteiger partial charge in [0.05, 0.1) is 12.2 Å². The maximum absolute atomic E-state index is 10.9. The Morgan fingerprint density at radius 1 is 1.38 bits per heavy atom. The predicted octanol–water partition coefficient (Wildman–Crippen LogP) is 0.642. The summed E-state index contributed by atoms with van der Waals surface area (Å²) in [6.07, 6.45) is -1.06. The molecule has 1 aliphatic heterocycles. The number of carboxylic acids is 2. The number of hydrogen-bond acceptors (Lipinski definition) is 4. The van der Waals surface area contributed by atoms with E-state index in [1.165, 1.54) is 6.07 Å². The van der Waals surface area contributed by atoms with E-state index in [4.69, 9.17) is 14.9 Å². The van der Waals surface area contributed by atoms with Crippen molar-refractivity contribution in [3.8, 4) is 5.75 Å². The molecule has 6 heteroatoms. The molecule has 1 aromatic carbocycles. The van der Waals surface area contributed by atoms with Crippen molar-refractivity contribution < 1.29 is 24.5 Å². The van der Waals surface area contributed by atoms with Crippen LogP contribution < -0.4 is 10.1 Å². The lowest BCUT2D eigenvalue weighted by atomic mass is 10.1. The molecular formula is C10H9NO5. The number of rotatable bonds is 2. The summed E-state index contributed by atoms with van der Waals surface area (Å²) in [5.74, 6) is -2.20. The van der Waals surface area contributed by atoms with Gasteiger partial charge in [-0.2, -0.15) is 0 Å². The fourth-order valence-corrected chi connectivity index (χ4v) is 1.50. The van der Waals surface area contributed by atoms with E-state index in [9.17, 15) is 9.59 Å². The minimum Gasteiger partial charge on any atom is -0.478 e. The number of ether oxygens (including phenoxy) is 1. The van der Waals surface area contributed by atoms with Crippen molar-refractivity contribution in [1.82, 2.24) is 0 Å². The van der Waals surface area contributed by atoms with E-state index in [1.807, 2.05) is 0 Å². The fourth-order valence-electron chi connectivity index (χ4n) is 1.50. The summed E-state index contributed by atoms with van der Waals surface area (Å²) in [5.41, 5.74) is 0.452. The first-order chi connectivity index (χ1) is 7.59. The Morgan fingerprint density at radius 2 is 2.12 bits per heavy atom. The standard InChI is InChI=1S/C10H9NO5/c12-9(13)5-2-1-3-6-8(5)16-7(4-11-6)10(14)15/h1-3,7,11H,4H2,(H,12,13)(H,14,15). The number of carboxylic acid groups (broad SMARTS) is 2. The molecule has 1 aliphatic rings. The SMILES string of the molecule is O=C(O)c1cccc2c1OC(C(=O)O)CN2. The predicted molar refractivity (Wildman–Crippen MR) is 53.9 cm³/mol. The molecule has 2 rings (SSSR count). The molecule has 0 saturated carbocycles. The first kappa shape index (κ1) is 10.3. The van der Waals surface area contributed by atoms with Gasteiger partial charge in [0.2, 0.25) is 6.10 Å². The maximum atomic E-state index is 10.9. The lowest BCUT2D eigenvalue weighted by Gasteiger charge is -2.25. The first-order valence-electron chi connectivity index (χ1n) is 4.59. The Kier molecular flexibility index (Phi) is 2.40. The molecule has 1 unspecified atom stereocenters. The quantitative estimate of drug-likeness (QED) is 0.681. The monoisotopic (exact) mass is 223 g/mol. The lowest BCUT2D eigenvalue weighted by molar-refractivity contribution is -0.144. The Hall–Kier alpha value is -2.24. The molecule has 0 radical (unpaired) electrons. The Labute approximate surface area is 90.5 Å². The van der Waals surface area contributed by atoms with Gasteiger partial charge in [-0.25, -0.2) is 9.59 Å². The molecule has 1 heterocycles. The van der Waals surface area contributed by atoms with Gasteiger partial charge >= 0.3 is 11.9 Å². The molecule has 1 aromatic rings. The molecule has 0 fully saturated rings. The molecule has 0 amide bonds. The second kappa shape index (κ2) is 3.73. The molecule has 0 bridgehead atoms. The zero-order valence-corrected chi connectivity index (χ0v) is 8.14. The lowest BCUT2D eigenvalue weighted by Crippen LogP contribution is -2.38. The third kappa shape index (κ3) is 1.65. The molecule has 1 atom stereocenters. The molecule has 0 aliphatic carbocycles. The van der Waals surface area contributed by atoms with Crippen molar-refractivity contribution in [1.29, 1.82) is 0 Å². The molecule has 0 saturated heterocycles. The van der Waals surface area contributed by atoms with Crippen LogP contribution in [0.15, 0.2) is 18.2 Å². The van der Waals surface area contributed by atoms with Crippen molar-refractivity contribution >= 4 is 17.6 Å². The minimum absolute atomic E-state index is 0.0454. The van der Waals surface area contributed by atoms with Crippen molar-refractivity contribution in [2.45, 2.75) is 6.10 Å². The van der Waals surface area contributed by atoms with Crippen LogP contribution in [-0.4, -0.2) is 34.8 Å². The van der Waals surface area contributed by atoms with Crippen LogP contribution in [-0.2, 0) is 4.79 Å². The van der Waals surface area contributed by atoms with Crippen LogP contribution in [0.1, 0.15) is 10.4 Å². The topological polar surface area (TPSA) is 95.9 Å². The summed E-state index contributed by atoms with van der Waals surface area (Å²) >= 11 is 0. The number of para-hydroxylation sites is 1. The summed E-state index contributed by atoms with van der Waals surface area (Å²) in [7, 11) is 0. The summed E-state index contributed by atoms with van der Waals surface area (Å²) in [4.78, 5) is 21.6. The highest BCUT2D eigenvalue weighted by Gasteiger charge is 2.28. The Bertz CT molecular complexity index is 457. The van der Waals surface area contributed by atoms with E-state index < -0.39 is 18.0 Å². The molecule has 16 heavy (non-hydrogen) atoms. The smallest absolute Gasteiger partial charge is 0.346 e. The van der Waals surface area contributed by atoms with E-state index in [2.05, 4.69) is 5.32 Å². The number of hydrogen-bond donors (Lipinski definition) is 3. The van der Waals surface area contributed by atoms with Gasteiger partial charge in [-0.15, -0.1) is 0 Å². The summed E-state index contributed by atoms with van der Waals surface area (Å²) in [6.45, 7) is 0.116. The van der Waals surface area contributed by atoms with Crippen molar-refractivity contribution in [2.24, 2.45) is 0 Å². The number of benzene rings is 1. The highest BCUT2D eigenvalue weighted by atomic mass is 16.5. The average Bonchev–Trinajstić information content (AvgIpc) is 2.27. The van der Waals surface area contributed by atoms with Crippen molar-refractivity contribution in [2.75, 3.05) is 11.9 Å². The van der Waals surface area contributed by atoms with Gasteiger partial charge in [-0.3, -0.25) is 0 Å². The van der Waals surface area contributed by atoms with E-state index in [-0.39, 0.29) is 17.9 Å². The molecule has 0 aromatic heterocycles. The van der Waals surface area contributed by atoms with Crippen molar-refractivity contribution in [3.63, 3.8) is 0 Å². The number of carbonyl (C=O) groups is 2. The van der Waals surface area contributed by atoms with Gasteiger partial charge < -0.3 is 20.3 Å². The summed E-state index contributed by atoms with van der Waals surface area (Å²) in [6, 6.07) is 4.58. The number of aromatic carboxylic acids is 1. The van der Waals surface area contributed by atoms with E-state index in [0.717, 1.165) is 0 Å². The van der Waals surface area contributed by atoms with E-state index in [1.54, 1.807) is 12.1 Å². The van der Waals surface area contributed by atoms with E-state index >= 15 is 0 Å².